The minimum Gasteiger partial charge on any atom is -0.487 e. The van der Waals surface area contributed by atoms with Crippen molar-refractivity contribution in [1.82, 2.24) is 0 Å². The van der Waals surface area contributed by atoms with E-state index < -0.39 is 0 Å². The fourth-order valence-corrected chi connectivity index (χ4v) is 2.94. The van der Waals surface area contributed by atoms with Crippen molar-refractivity contribution in [2.75, 3.05) is 0 Å². The van der Waals surface area contributed by atoms with Gasteiger partial charge in [0.1, 0.15) is 11.4 Å². The van der Waals surface area contributed by atoms with Crippen LogP contribution in [-0.2, 0) is 0 Å². The molecule has 1 aromatic rings. The third-order valence-electron chi connectivity index (χ3n) is 3.72. The van der Waals surface area contributed by atoms with Gasteiger partial charge in [0, 0.05) is 16.5 Å². The number of fused-ring (bicyclic) bond motifs is 1. The lowest BCUT2D eigenvalue weighted by Gasteiger charge is -2.38. The number of ether oxygens (including phenoxy) is 1. The van der Waals surface area contributed by atoms with Crippen LogP contribution < -0.4 is 4.74 Å². The molecule has 0 bridgehead atoms. The number of aliphatic hydroxyl groups is 1. The Labute approximate surface area is 104 Å². The molecule has 0 aromatic heterocycles. The van der Waals surface area contributed by atoms with Gasteiger partial charge >= 0.3 is 0 Å². The lowest BCUT2D eigenvalue weighted by molar-refractivity contribution is -0.0166. The Morgan fingerprint density at radius 3 is 2.88 bits per heavy atom. The molecule has 3 heteroatoms. The first-order chi connectivity index (χ1) is 7.58. The van der Waals surface area contributed by atoms with E-state index >= 15 is 0 Å². The van der Waals surface area contributed by atoms with Crippen molar-refractivity contribution in [2.24, 2.45) is 5.92 Å². The van der Waals surface area contributed by atoms with Crippen molar-refractivity contribution >= 4 is 15.9 Å². The molecule has 1 saturated carbocycles. The second-order valence-corrected chi connectivity index (χ2v) is 6.01. The summed E-state index contributed by atoms with van der Waals surface area (Å²) in [6.45, 7) is 2.12. The highest BCUT2D eigenvalue weighted by Gasteiger charge is 2.47. The van der Waals surface area contributed by atoms with Crippen molar-refractivity contribution in [3.8, 4) is 5.75 Å². The van der Waals surface area contributed by atoms with E-state index in [0.29, 0.717) is 12.3 Å². The Hall–Kier alpha value is -0.540. The number of halogens is 1. The molecule has 1 fully saturated rings. The van der Waals surface area contributed by atoms with E-state index in [4.69, 9.17) is 4.74 Å². The van der Waals surface area contributed by atoms with Gasteiger partial charge in [0.05, 0.1) is 6.10 Å². The first-order valence-electron chi connectivity index (χ1n) is 5.75. The smallest absolute Gasteiger partial charge is 0.127 e. The van der Waals surface area contributed by atoms with Gasteiger partial charge in [0.25, 0.3) is 0 Å². The van der Waals surface area contributed by atoms with E-state index in [-0.39, 0.29) is 11.7 Å². The molecule has 86 valence electrons. The first-order valence-corrected chi connectivity index (χ1v) is 6.54. The standard InChI is InChI=1S/C13H15BrO2/c1-13(8-2-3-8)7-11(15)10-5-4-9(14)6-12(10)16-13/h4-6,8,11,15H,2-3,7H2,1H3/t11-,13?/m1/s1. The summed E-state index contributed by atoms with van der Waals surface area (Å²) < 4.78 is 7.10. The van der Waals surface area contributed by atoms with Crippen LogP contribution in [0, 0.1) is 5.92 Å². The SMILES string of the molecule is CC1(C2CC2)C[C@@H](O)c2ccc(Br)cc2O1. The van der Waals surface area contributed by atoms with Crippen LogP contribution in [0.15, 0.2) is 22.7 Å². The quantitative estimate of drug-likeness (QED) is 0.855. The average Bonchev–Trinajstić information content (AvgIpc) is 2.99. The zero-order valence-corrected chi connectivity index (χ0v) is 10.8. The number of benzene rings is 1. The lowest BCUT2D eigenvalue weighted by Crippen LogP contribution is -2.40. The predicted molar refractivity (Wildman–Crippen MR) is 65.5 cm³/mol. The number of hydrogen-bond donors (Lipinski definition) is 1. The van der Waals surface area contributed by atoms with E-state index in [9.17, 15) is 5.11 Å². The third-order valence-corrected chi connectivity index (χ3v) is 4.21. The molecule has 1 aliphatic carbocycles. The van der Waals surface area contributed by atoms with Gasteiger partial charge in [0.15, 0.2) is 0 Å². The van der Waals surface area contributed by atoms with Crippen LogP contribution in [0.2, 0.25) is 0 Å². The highest BCUT2D eigenvalue weighted by molar-refractivity contribution is 9.10. The summed E-state index contributed by atoms with van der Waals surface area (Å²) in [5.41, 5.74) is 0.744. The Morgan fingerprint density at radius 2 is 2.19 bits per heavy atom. The van der Waals surface area contributed by atoms with Crippen LogP contribution in [0.3, 0.4) is 0 Å². The van der Waals surface area contributed by atoms with Crippen molar-refractivity contribution in [2.45, 2.75) is 37.9 Å². The molecule has 16 heavy (non-hydrogen) atoms. The summed E-state index contributed by atoms with van der Waals surface area (Å²) in [7, 11) is 0. The van der Waals surface area contributed by atoms with Crippen LogP contribution in [-0.4, -0.2) is 10.7 Å². The molecule has 1 aromatic carbocycles. The minimum atomic E-state index is -0.387. The Morgan fingerprint density at radius 1 is 1.44 bits per heavy atom. The summed E-state index contributed by atoms with van der Waals surface area (Å²) in [5.74, 6) is 1.46. The molecular weight excluding hydrogens is 268 g/mol. The number of rotatable bonds is 1. The number of aliphatic hydroxyl groups excluding tert-OH is 1. The van der Waals surface area contributed by atoms with Crippen molar-refractivity contribution in [1.29, 1.82) is 0 Å². The molecule has 1 unspecified atom stereocenters. The summed E-state index contributed by atoms with van der Waals surface area (Å²) in [6.07, 6.45) is 2.79. The van der Waals surface area contributed by atoms with Gasteiger partial charge in [0.2, 0.25) is 0 Å². The van der Waals surface area contributed by atoms with E-state index in [1.165, 1.54) is 12.8 Å². The molecule has 0 saturated heterocycles. The normalized spacial score (nSPS) is 33.1. The second-order valence-electron chi connectivity index (χ2n) is 5.09. The molecule has 3 rings (SSSR count). The van der Waals surface area contributed by atoms with Crippen LogP contribution >= 0.6 is 15.9 Å². The van der Waals surface area contributed by atoms with Gasteiger partial charge in [-0.05, 0) is 37.8 Å². The third kappa shape index (κ3) is 1.66. The van der Waals surface area contributed by atoms with E-state index in [1.807, 2.05) is 18.2 Å². The Bertz CT molecular complexity index is 428. The van der Waals surface area contributed by atoms with Crippen LogP contribution in [0.4, 0.5) is 0 Å². The van der Waals surface area contributed by atoms with Crippen molar-refractivity contribution in [3.63, 3.8) is 0 Å². The largest absolute Gasteiger partial charge is 0.487 e. The summed E-state index contributed by atoms with van der Waals surface area (Å²) in [4.78, 5) is 0. The van der Waals surface area contributed by atoms with Crippen molar-refractivity contribution in [3.05, 3.63) is 28.2 Å². The first kappa shape index (κ1) is 10.6. The van der Waals surface area contributed by atoms with Crippen molar-refractivity contribution < 1.29 is 9.84 Å². The van der Waals surface area contributed by atoms with Gasteiger partial charge in [-0.2, -0.15) is 0 Å². The molecule has 0 amide bonds. The minimum absolute atomic E-state index is 0.173. The molecule has 1 aliphatic heterocycles. The average molecular weight is 283 g/mol. The van der Waals surface area contributed by atoms with Gasteiger partial charge in [-0.25, -0.2) is 0 Å². The van der Waals surface area contributed by atoms with E-state index in [0.717, 1.165) is 15.8 Å². The lowest BCUT2D eigenvalue weighted by atomic mass is 9.87. The second kappa shape index (κ2) is 3.47. The van der Waals surface area contributed by atoms with E-state index in [2.05, 4.69) is 22.9 Å². The zero-order valence-electron chi connectivity index (χ0n) is 9.24. The van der Waals surface area contributed by atoms with Gasteiger partial charge in [-0.15, -0.1) is 0 Å². The molecule has 0 spiro atoms. The highest BCUT2D eigenvalue weighted by Crippen LogP contribution is 2.50. The molecule has 2 nitrogen and oxygen atoms in total. The molecule has 1 heterocycles. The van der Waals surface area contributed by atoms with Crippen LogP contribution in [0.1, 0.15) is 37.9 Å². The van der Waals surface area contributed by atoms with Gasteiger partial charge in [-0.3, -0.25) is 0 Å². The fourth-order valence-electron chi connectivity index (χ4n) is 2.60. The predicted octanol–water partition coefficient (Wildman–Crippen LogP) is 3.43. The molecule has 2 aliphatic rings. The maximum atomic E-state index is 10.2. The summed E-state index contributed by atoms with van der Waals surface area (Å²) >= 11 is 3.44. The molecule has 1 N–H and O–H groups in total. The topological polar surface area (TPSA) is 29.5 Å². The summed E-state index contributed by atoms with van der Waals surface area (Å²) in [6, 6.07) is 5.85. The monoisotopic (exact) mass is 282 g/mol. The molecular formula is C13H15BrO2. The molecule has 0 radical (unpaired) electrons. The fraction of sp³-hybridized carbons (Fsp3) is 0.538. The van der Waals surface area contributed by atoms with Crippen LogP contribution in [0.25, 0.3) is 0 Å². The summed E-state index contributed by atoms with van der Waals surface area (Å²) in [5, 5.41) is 10.2. The van der Waals surface area contributed by atoms with Gasteiger partial charge in [-0.1, -0.05) is 22.0 Å². The number of hydrogen-bond acceptors (Lipinski definition) is 2. The Kier molecular flexibility index (Phi) is 2.30. The van der Waals surface area contributed by atoms with Gasteiger partial charge < -0.3 is 9.84 Å². The Balaban J connectivity index is 2.00. The maximum Gasteiger partial charge on any atom is 0.127 e. The van der Waals surface area contributed by atoms with E-state index in [1.54, 1.807) is 0 Å². The maximum absolute atomic E-state index is 10.2. The molecule has 2 atom stereocenters. The van der Waals surface area contributed by atoms with Crippen LogP contribution in [0.5, 0.6) is 5.75 Å². The zero-order chi connectivity index (χ0) is 11.3. The highest BCUT2D eigenvalue weighted by atomic mass is 79.9.